The monoisotopic (exact) mass is 267 g/mol. The number of Topliss-reactive ketones (excluding diaryl/α,β-unsaturated/α-hetero) is 1. The van der Waals surface area contributed by atoms with Crippen molar-refractivity contribution >= 4 is 12.0 Å². The van der Waals surface area contributed by atoms with Crippen LogP contribution in [0.15, 0.2) is 5.16 Å². The largest absolute Gasteiger partial charge is 0.458 e. The molecule has 4 nitrogen and oxygen atoms in total. The van der Waals surface area contributed by atoms with Crippen LogP contribution in [0.25, 0.3) is 0 Å². The van der Waals surface area contributed by atoms with E-state index in [1.807, 2.05) is 0 Å². The third-order valence-electron chi connectivity index (χ3n) is 1.47. The van der Waals surface area contributed by atoms with Gasteiger partial charge in [-0.2, -0.15) is 26.3 Å². The summed E-state index contributed by atoms with van der Waals surface area (Å²) in [6.07, 6.45) is -12.8. The number of hydrogen-bond acceptors (Lipinski definition) is 4. The molecule has 0 aliphatic heterocycles. The van der Waals surface area contributed by atoms with Gasteiger partial charge in [-0.05, 0) is 6.92 Å². The Kier molecular flexibility index (Phi) is 4.52. The predicted molar refractivity (Wildman–Crippen MR) is 41.9 cm³/mol. The summed E-state index contributed by atoms with van der Waals surface area (Å²) in [5.41, 5.74) is 0. The molecule has 1 atom stereocenters. The van der Waals surface area contributed by atoms with Gasteiger partial charge >= 0.3 is 18.1 Å². The summed E-state index contributed by atoms with van der Waals surface area (Å²) in [7, 11) is 0. The first kappa shape index (κ1) is 15.7. The molecule has 17 heavy (non-hydrogen) atoms. The lowest BCUT2D eigenvalue weighted by Crippen LogP contribution is -2.50. The van der Waals surface area contributed by atoms with Gasteiger partial charge in [-0.25, -0.2) is 0 Å². The molecule has 1 N–H and O–H groups in total. The maximum Gasteiger partial charge on any atom is 0.458 e. The molecule has 0 radical (unpaired) electrons. The minimum atomic E-state index is -5.60. The van der Waals surface area contributed by atoms with Gasteiger partial charge in [-0.1, -0.05) is 5.16 Å². The smallest absolute Gasteiger partial charge is 0.350 e. The second kappa shape index (κ2) is 4.90. The molecule has 0 heterocycles. The molecule has 0 spiro atoms. The van der Waals surface area contributed by atoms with Crippen LogP contribution in [0, 0.1) is 0 Å². The van der Waals surface area contributed by atoms with Gasteiger partial charge < -0.3 is 9.94 Å². The summed E-state index contributed by atoms with van der Waals surface area (Å²) < 4.78 is 71.9. The number of halogens is 6. The number of rotatable bonds is 4. The Labute approximate surface area is 90.8 Å². The molecule has 0 saturated heterocycles. The van der Waals surface area contributed by atoms with Crippen LogP contribution in [0.1, 0.15) is 13.3 Å². The van der Waals surface area contributed by atoms with Crippen LogP contribution in [0.2, 0.25) is 0 Å². The lowest BCUT2D eigenvalue weighted by atomic mass is 10.1. The van der Waals surface area contributed by atoms with Crippen LogP contribution >= 0.6 is 0 Å². The number of aliphatic hydroxyl groups is 1. The van der Waals surface area contributed by atoms with E-state index in [0.29, 0.717) is 6.21 Å². The van der Waals surface area contributed by atoms with E-state index in [9.17, 15) is 31.1 Å². The third-order valence-corrected chi connectivity index (χ3v) is 1.47. The number of carbonyl (C=O) groups is 1. The van der Waals surface area contributed by atoms with Crippen molar-refractivity contribution in [1.29, 1.82) is 0 Å². The molecule has 10 heteroatoms. The molecule has 0 aliphatic rings. The van der Waals surface area contributed by atoms with Gasteiger partial charge in [0.25, 0.3) is 0 Å². The van der Waals surface area contributed by atoms with Crippen LogP contribution < -0.4 is 0 Å². The lowest BCUT2D eigenvalue weighted by molar-refractivity contribution is -0.366. The van der Waals surface area contributed by atoms with Gasteiger partial charge in [0.2, 0.25) is 5.78 Å². The summed E-state index contributed by atoms with van der Waals surface area (Å²) >= 11 is 0. The van der Waals surface area contributed by atoms with E-state index in [-0.39, 0.29) is 0 Å². The van der Waals surface area contributed by atoms with Gasteiger partial charge in [0, 0.05) is 6.21 Å². The molecule has 0 fully saturated rings. The van der Waals surface area contributed by atoms with Gasteiger partial charge in [0.15, 0.2) is 0 Å². The van der Waals surface area contributed by atoms with Crippen LogP contribution in [0.5, 0.6) is 0 Å². The molecule has 0 aliphatic carbocycles. The van der Waals surface area contributed by atoms with Crippen LogP contribution in [-0.2, 0) is 9.63 Å². The molecule has 0 aromatic heterocycles. The normalized spacial score (nSPS) is 16.9. The van der Waals surface area contributed by atoms with Crippen molar-refractivity contribution in [3.63, 3.8) is 0 Å². The molecule has 0 bridgehead atoms. The Balaban J connectivity index is 5.03. The Morgan fingerprint density at radius 1 is 1.29 bits per heavy atom. The first-order chi connectivity index (χ1) is 7.44. The SMILES string of the molecule is C/C=N/O[C@@](O)(CC(=O)C(F)(F)F)C(F)(F)F. The Hall–Kier alpha value is -1.32. The van der Waals surface area contributed by atoms with Crippen molar-refractivity contribution in [3.8, 4) is 0 Å². The fourth-order valence-electron chi connectivity index (χ4n) is 0.642. The van der Waals surface area contributed by atoms with Crippen molar-refractivity contribution in [2.45, 2.75) is 31.5 Å². The van der Waals surface area contributed by atoms with Crippen LogP contribution in [-0.4, -0.2) is 35.2 Å². The maximum absolute atomic E-state index is 12.2. The highest BCUT2D eigenvalue weighted by Gasteiger charge is 2.61. The first-order valence-electron chi connectivity index (χ1n) is 3.99. The molecule has 100 valence electrons. The van der Waals surface area contributed by atoms with E-state index in [0.717, 1.165) is 6.92 Å². The van der Waals surface area contributed by atoms with E-state index in [1.54, 1.807) is 0 Å². The van der Waals surface area contributed by atoms with E-state index in [1.165, 1.54) is 0 Å². The van der Waals surface area contributed by atoms with E-state index < -0.39 is 30.3 Å². The quantitative estimate of drug-likeness (QED) is 0.365. The van der Waals surface area contributed by atoms with E-state index in [2.05, 4.69) is 9.99 Å². The predicted octanol–water partition coefficient (Wildman–Crippen LogP) is 1.78. The van der Waals surface area contributed by atoms with Crippen molar-refractivity contribution < 1.29 is 41.1 Å². The number of nitrogens with zero attached hydrogens (tertiary/aromatic N) is 1. The van der Waals surface area contributed by atoms with E-state index >= 15 is 0 Å². The van der Waals surface area contributed by atoms with Gasteiger partial charge in [0.05, 0.1) is 6.42 Å². The van der Waals surface area contributed by atoms with Crippen molar-refractivity contribution in [2.75, 3.05) is 0 Å². The fraction of sp³-hybridized carbons (Fsp3) is 0.714. The summed E-state index contributed by atoms with van der Waals surface area (Å²) in [5.74, 6) is -7.07. The first-order valence-corrected chi connectivity index (χ1v) is 3.99. The second-order valence-electron chi connectivity index (χ2n) is 2.83. The summed E-state index contributed by atoms with van der Waals surface area (Å²) in [6.45, 7) is 1.10. The Bertz CT molecular complexity index is 310. The second-order valence-corrected chi connectivity index (χ2v) is 2.83. The molecule has 0 unspecified atom stereocenters. The number of carbonyl (C=O) groups excluding carboxylic acids is 1. The van der Waals surface area contributed by atoms with Crippen LogP contribution in [0.4, 0.5) is 26.3 Å². The van der Waals surface area contributed by atoms with Crippen molar-refractivity contribution in [3.05, 3.63) is 0 Å². The van der Waals surface area contributed by atoms with Crippen molar-refractivity contribution in [2.24, 2.45) is 5.16 Å². The molecule has 0 aromatic rings. The highest BCUT2D eigenvalue weighted by atomic mass is 19.4. The zero-order valence-electron chi connectivity index (χ0n) is 8.26. The topological polar surface area (TPSA) is 58.9 Å². The molecule has 0 aromatic carbocycles. The molecular weight excluding hydrogens is 260 g/mol. The number of alkyl halides is 6. The van der Waals surface area contributed by atoms with E-state index in [4.69, 9.17) is 5.11 Å². The number of ketones is 1. The maximum atomic E-state index is 12.2. The lowest BCUT2D eigenvalue weighted by Gasteiger charge is -2.27. The van der Waals surface area contributed by atoms with Gasteiger partial charge in [-0.3, -0.25) is 4.79 Å². The minimum absolute atomic E-state index is 0.661. The third kappa shape index (κ3) is 4.21. The minimum Gasteiger partial charge on any atom is -0.350 e. The summed E-state index contributed by atoms with van der Waals surface area (Å²) in [4.78, 5) is 13.9. The van der Waals surface area contributed by atoms with Gasteiger partial charge in [-0.15, -0.1) is 0 Å². The molecule has 0 amide bonds. The standard InChI is InChI=1S/C7H7F6NO3/c1-2-14-17-5(16,7(11,12)13)3-4(15)6(8,9)10/h2,16H,3H2,1H3/b14-2+/t5-/m0/s1. The molecule has 0 saturated carbocycles. The average Bonchev–Trinajstić information content (AvgIpc) is 2.11. The molecule has 0 rings (SSSR count). The molecular formula is C7H7F6NO3. The summed E-state index contributed by atoms with van der Waals surface area (Å²) in [5, 5.41) is 11.4. The highest BCUT2D eigenvalue weighted by molar-refractivity contribution is 5.84. The van der Waals surface area contributed by atoms with Gasteiger partial charge in [0.1, 0.15) is 0 Å². The summed E-state index contributed by atoms with van der Waals surface area (Å²) in [6, 6.07) is 0. The number of oxime groups is 1. The van der Waals surface area contributed by atoms with Crippen molar-refractivity contribution in [1.82, 2.24) is 0 Å². The Morgan fingerprint density at radius 2 is 1.76 bits per heavy atom. The zero-order chi connectivity index (χ0) is 13.9. The highest BCUT2D eigenvalue weighted by Crippen LogP contribution is 2.36. The zero-order valence-corrected chi connectivity index (χ0v) is 8.26. The Morgan fingerprint density at radius 3 is 2.06 bits per heavy atom. The average molecular weight is 267 g/mol. The fourth-order valence-corrected chi connectivity index (χ4v) is 0.642. The number of hydrogen-bond donors (Lipinski definition) is 1. The van der Waals surface area contributed by atoms with Crippen LogP contribution in [0.3, 0.4) is 0 Å².